The predicted molar refractivity (Wildman–Crippen MR) is 76.0 cm³/mol. The Hall–Kier alpha value is -1.86. The highest BCUT2D eigenvalue weighted by Crippen LogP contribution is 2.27. The molecule has 0 aliphatic heterocycles. The van der Waals surface area contributed by atoms with Crippen LogP contribution in [0.1, 0.15) is 11.3 Å². The molecule has 1 unspecified atom stereocenters. The lowest BCUT2D eigenvalue weighted by Crippen LogP contribution is -2.32. The quantitative estimate of drug-likeness (QED) is 0.890. The summed E-state index contributed by atoms with van der Waals surface area (Å²) in [5, 5.41) is 13.4. The number of hydrogen-bond acceptors (Lipinski definition) is 3. The Morgan fingerprint density at radius 2 is 1.91 bits per heavy atom. The smallest absolute Gasteiger partial charge is 0.390 e. The molecule has 7 heteroatoms. The van der Waals surface area contributed by atoms with Gasteiger partial charge in [0.15, 0.2) is 5.69 Å². The maximum absolute atomic E-state index is 12.4. The first-order valence-corrected chi connectivity index (χ1v) is 6.86. The minimum Gasteiger partial charge on any atom is -0.390 e. The number of nitrogens with zero attached hydrogens (tertiary/aromatic N) is 3. The summed E-state index contributed by atoms with van der Waals surface area (Å²) >= 11 is 0. The van der Waals surface area contributed by atoms with Crippen molar-refractivity contribution in [1.82, 2.24) is 14.7 Å². The van der Waals surface area contributed by atoms with Gasteiger partial charge in [0.25, 0.3) is 0 Å². The molecule has 0 fully saturated rings. The van der Waals surface area contributed by atoms with Gasteiger partial charge >= 0.3 is 6.18 Å². The van der Waals surface area contributed by atoms with Crippen molar-refractivity contribution < 1.29 is 18.3 Å². The number of rotatable bonds is 6. The molecule has 0 bridgehead atoms. The number of benzene rings is 1. The van der Waals surface area contributed by atoms with E-state index in [1.54, 1.807) is 0 Å². The Labute approximate surface area is 126 Å². The summed E-state index contributed by atoms with van der Waals surface area (Å²) in [6, 6.07) is 10.6. The molecule has 1 aromatic carbocycles. The van der Waals surface area contributed by atoms with Gasteiger partial charge in [-0.15, -0.1) is 0 Å². The first-order chi connectivity index (χ1) is 10.3. The highest BCUT2D eigenvalue weighted by Gasteiger charge is 2.33. The van der Waals surface area contributed by atoms with Crippen LogP contribution in [0.15, 0.2) is 42.6 Å². The van der Waals surface area contributed by atoms with E-state index in [1.807, 2.05) is 42.3 Å². The normalized spacial score (nSPS) is 13.5. The van der Waals surface area contributed by atoms with Crippen LogP contribution in [-0.4, -0.2) is 39.5 Å². The zero-order valence-electron chi connectivity index (χ0n) is 12.2. The van der Waals surface area contributed by atoms with Gasteiger partial charge in [0.1, 0.15) is 0 Å². The van der Waals surface area contributed by atoms with E-state index in [2.05, 4.69) is 5.10 Å². The molecule has 22 heavy (non-hydrogen) atoms. The Balaban J connectivity index is 1.84. The van der Waals surface area contributed by atoms with E-state index in [1.165, 1.54) is 6.20 Å². The highest BCUT2D eigenvalue weighted by atomic mass is 19.4. The SMILES string of the molecule is CN(Cc1ccccc1)CC(O)Cn1ccc(C(F)(F)F)n1. The van der Waals surface area contributed by atoms with E-state index in [0.717, 1.165) is 16.3 Å². The molecule has 1 N–H and O–H groups in total. The molecule has 0 aliphatic rings. The van der Waals surface area contributed by atoms with E-state index in [4.69, 9.17) is 0 Å². The second kappa shape index (κ2) is 6.93. The number of aliphatic hydroxyl groups is 1. The number of hydrogen-bond donors (Lipinski definition) is 1. The molecule has 1 heterocycles. The van der Waals surface area contributed by atoms with Crippen LogP contribution in [-0.2, 0) is 19.3 Å². The summed E-state index contributed by atoms with van der Waals surface area (Å²) in [6.07, 6.45) is -4.03. The molecule has 0 amide bonds. The number of halogens is 3. The fraction of sp³-hybridized carbons (Fsp3) is 0.400. The largest absolute Gasteiger partial charge is 0.435 e. The van der Waals surface area contributed by atoms with Crippen molar-refractivity contribution >= 4 is 0 Å². The number of alkyl halides is 3. The fourth-order valence-corrected chi connectivity index (χ4v) is 2.21. The van der Waals surface area contributed by atoms with Gasteiger partial charge in [-0.05, 0) is 18.7 Å². The van der Waals surface area contributed by atoms with Crippen molar-refractivity contribution in [2.24, 2.45) is 0 Å². The molecule has 0 radical (unpaired) electrons. The minimum atomic E-state index is -4.46. The van der Waals surface area contributed by atoms with Crippen molar-refractivity contribution in [3.05, 3.63) is 53.9 Å². The summed E-state index contributed by atoms with van der Waals surface area (Å²) in [4.78, 5) is 1.91. The fourth-order valence-electron chi connectivity index (χ4n) is 2.21. The van der Waals surface area contributed by atoms with E-state index in [9.17, 15) is 18.3 Å². The maximum atomic E-state index is 12.4. The Kier molecular flexibility index (Phi) is 5.20. The topological polar surface area (TPSA) is 41.3 Å². The van der Waals surface area contributed by atoms with Crippen LogP contribution in [0.3, 0.4) is 0 Å². The van der Waals surface area contributed by atoms with Crippen LogP contribution < -0.4 is 0 Å². The van der Waals surface area contributed by atoms with Gasteiger partial charge in [-0.25, -0.2) is 0 Å². The lowest BCUT2D eigenvalue weighted by molar-refractivity contribution is -0.141. The number of aliphatic hydroxyl groups excluding tert-OH is 1. The average Bonchev–Trinajstić information content (AvgIpc) is 2.87. The second-order valence-electron chi connectivity index (χ2n) is 5.26. The average molecular weight is 313 g/mol. The lowest BCUT2D eigenvalue weighted by atomic mass is 10.2. The Morgan fingerprint density at radius 1 is 1.23 bits per heavy atom. The van der Waals surface area contributed by atoms with Crippen molar-refractivity contribution in [2.45, 2.75) is 25.4 Å². The van der Waals surface area contributed by atoms with Crippen LogP contribution >= 0.6 is 0 Å². The number of likely N-dealkylation sites (N-methyl/N-ethyl adjacent to an activating group) is 1. The summed E-state index contributed by atoms with van der Waals surface area (Å²) in [5.74, 6) is 0. The molecule has 1 atom stereocenters. The van der Waals surface area contributed by atoms with Gasteiger partial charge in [0.05, 0.1) is 12.6 Å². The second-order valence-corrected chi connectivity index (χ2v) is 5.26. The van der Waals surface area contributed by atoms with Crippen LogP contribution in [0.5, 0.6) is 0 Å². The Morgan fingerprint density at radius 3 is 2.50 bits per heavy atom. The summed E-state index contributed by atoms with van der Waals surface area (Å²) in [7, 11) is 1.85. The molecule has 2 aromatic rings. The monoisotopic (exact) mass is 313 g/mol. The first kappa shape index (κ1) is 16.5. The van der Waals surface area contributed by atoms with Gasteiger partial charge in [0.2, 0.25) is 0 Å². The van der Waals surface area contributed by atoms with Crippen molar-refractivity contribution in [3.63, 3.8) is 0 Å². The summed E-state index contributed by atoms with van der Waals surface area (Å²) in [6.45, 7) is 1.02. The van der Waals surface area contributed by atoms with Crippen molar-refractivity contribution in [1.29, 1.82) is 0 Å². The minimum absolute atomic E-state index is 0.0230. The van der Waals surface area contributed by atoms with Crippen molar-refractivity contribution in [3.8, 4) is 0 Å². The maximum Gasteiger partial charge on any atom is 0.435 e. The molecule has 0 aliphatic carbocycles. The van der Waals surface area contributed by atoms with Gasteiger partial charge < -0.3 is 5.11 Å². The standard InChI is InChI=1S/C15H18F3N3O/c1-20(9-12-5-3-2-4-6-12)10-13(22)11-21-8-7-14(19-21)15(16,17)18/h2-8,13,22H,9-11H2,1H3. The van der Waals surface area contributed by atoms with Crippen LogP contribution in [0.2, 0.25) is 0 Å². The Bertz CT molecular complexity index is 583. The first-order valence-electron chi connectivity index (χ1n) is 6.86. The molecule has 0 saturated carbocycles. The van der Waals surface area contributed by atoms with E-state index in [-0.39, 0.29) is 6.54 Å². The van der Waals surface area contributed by atoms with E-state index >= 15 is 0 Å². The molecule has 120 valence electrons. The zero-order valence-corrected chi connectivity index (χ0v) is 12.2. The molecule has 2 rings (SSSR count). The third-order valence-corrected chi connectivity index (χ3v) is 3.15. The molecule has 0 spiro atoms. The van der Waals surface area contributed by atoms with E-state index in [0.29, 0.717) is 13.1 Å². The third kappa shape index (κ3) is 4.85. The van der Waals surface area contributed by atoms with Crippen LogP contribution in [0.25, 0.3) is 0 Å². The molecular formula is C15H18F3N3O. The number of aromatic nitrogens is 2. The summed E-state index contributed by atoms with van der Waals surface area (Å²) < 4.78 is 38.4. The van der Waals surface area contributed by atoms with Crippen molar-refractivity contribution in [2.75, 3.05) is 13.6 Å². The highest BCUT2D eigenvalue weighted by molar-refractivity contribution is 5.14. The molecule has 0 saturated heterocycles. The lowest BCUT2D eigenvalue weighted by Gasteiger charge is -2.20. The van der Waals surface area contributed by atoms with Gasteiger partial charge in [-0.1, -0.05) is 30.3 Å². The molecule has 1 aromatic heterocycles. The van der Waals surface area contributed by atoms with Crippen LogP contribution in [0.4, 0.5) is 13.2 Å². The van der Waals surface area contributed by atoms with Gasteiger partial charge in [-0.3, -0.25) is 9.58 Å². The van der Waals surface area contributed by atoms with Gasteiger partial charge in [0, 0.05) is 19.3 Å². The third-order valence-electron chi connectivity index (χ3n) is 3.15. The summed E-state index contributed by atoms with van der Waals surface area (Å²) in [5.41, 5.74) is 0.160. The zero-order chi connectivity index (χ0) is 16.2. The van der Waals surface area contributed by atoms with Gasteiger partial charge in [-0.2, -0.15) is 18.3 Å². The van der Waals surface area contributed by atoms with Crippen LogP contribution in [0, 0.1) is 0 Å². The molecule has 4 nitrogen and oxygen atoms in total. The predicted octanol–water partition coefficient (Wildman–Crippen LogP) is 2.39. The molecular weight excluding hydrogens is 295 g/mol. The van der Waals surface area contributed by atoms with E-state index < -0.39 is 18.0 Å².